The summed E-state index contributed by atoms with van der Waals surface area (Å²) in [5, 5.41) is 13.6. The molecule has 1 N–H and O–H groups in total. The summed E-state index contributed by atoms with van der Waals surface area (Å²) in [6.07, 6.45) is 19.9. The van der Waals surface area contributed by atoms with Crippen LogP contribution in [0.1, 0.15) is 119 Å². The van der Waals surface area contributed by atoms with Crippen molar-refractivity contribution in [1.82, 2.24) is 0 Å². The van der Waals surface area contributed by atoms with E-state index in [2.05, 4.69) is 0 Å². The lowest BCUT2D eigenvalue weighted by atomic mass is 9.36. The number of rotatable bonds is 0. The van der Waals surface area contributed by atoms with E-state index in [-0.39, 0.29) is 0 Å². The van der Waals surface area contributed by atoms with Crippen LogP contribution in [0.25, 0.3) is 0 Å². The second kappa shape index (κ2) is 11.6. The van der Waals surface area contributed by atoms with E-state index >= 15 is 0 Å². The molecule has 14 saturated carbocycles. The van der Waals surface area contributed by atoms with E-state index in [1.807, 2.05) is 41.5 Å². The molecule has 218 valence electrons. The zero-order chi connectivity index (χ0) is 27.3. The highest BCUT2D eigenvalue weighted by Crippen LogP contribution is 2.72. The maximum atomic E-state index is 8.36. The normalized spacial score (nSPS) is 54.2. The molecule has 0 radical (unpaired) electrons. The summed E-state index contributed by atoms with van der Waals surface area (Å²) >= 11 is 0. The third kappa shape index (κ3) is 4.54. The predicted octanol–water partition coefficient (Wildman–Crippen LogP) is 9.38. The molecule has 14 rings (SSSR count). The van der Waals surface area contributed by atoms with Crippen LogP contribution in [0, 0.1) is 105 Å². The quantitative estimate of drug-likeness (QED) is 0.251. The molecule has 4 nitrogen and oxygen atoms in total. The molecule has 16 bridgehead atoms. The van der Waals surface area contributed by atoms with Crippen LogP contribution in [0.15, 0.2) is 0 Å². The Morgan fingerprint density at radius 1 is 0.395 bits per heavy atom. The average molecular weight is 530 g/mol. The van der Waals surface area contributed by atoms with Gasteiger partial charge < -0.3 is 5.21 Å². The Hall–Kier alpha value is -0.800. The lowest BCUT2D eigenvalue weighted by Gasteiger charge is -2.69. The van der Waals surface area contributed by atoms with Crippen LogP contribution in [0.5, 0.6) is 0 Å². The van der Waals surface area contributed by atoms with Crippen molar-refractivity contribution in [3.8, 4) is 0 Å². The monoisotopic (exact) mass is 529 g/mol. The summed E-state index contributed by atoms with van der Waals surface area (Å²) in [5.41, 5.74) is 0. The summed E-state index contributed by atoms with van der Waals surface area (Å²) in [4.78, 5) is 8.36. The largest absolute Gasteiger partial charge is 0.328 e. The van der Waals surface area contributed by atoms with Crippen LogP contribution in [0.4, 0.5) is 0 Å². The minimum atomic E-state index is -1.50. The first-order valence-corrected chi connectivity index (χ1v) is 17.4. The smallest absolute Gasteiger partial charge is 0.291 e. The molecule has 0 aliphatic heterocycles. The Morgan fingerprint density at radius 2 is 0.474 bits per heavy atom. The molecule has 14 aliphatic rings. The van der Waals surface area contributed by atoms with E-state index in [4.69, 9.17) is 15.3 Å². The molecular weight excluding hydrogens is 470 g/mol. The molecule has 0 spiro atoms. The molecular formula is C34H59NO3. The Labute approximate surface area is 233 Å². The Balaban J connectivity index is 0.000000117. The topological polar surface area (TPSA) is 63.4 Å². The highest BCUT2D eigenvalue weighted by molar-refractivity contribution is 5.13. The molecule has 0 unspecified atom stereocenters. The molecule has 0 amide bonds. The molecule has 14 aliphatic carbocycles. The molecule has 14 fully saturated rings. The molecule has 0 aromatic carbocycles. The van der Waals surface area contributed by atoms with Gasteiger partial charge in [0.15, 0.2) is 0 Å². The van der Waals surface area contributed by atoms with Gasteiger partial charge >= 0.3 is 0 Å². The third-order valence-electron chi connectivity index (χ3n) is 13.9. The SMILES string of the molecule is C1C2CC3C4CC5CC(C14)C(C2)C3C5.C1C2CC3C4CC5CC(C14)C(C2)C3C5.CC.CC.CC.O=[N+]([O-])O. The summed E-state index contributed by atoms with van der Waals surface area (Å²) in [7, 11) is 0. The van der Waals surface area contributed by atoms with Crippen LogP contribution < -0.4 is 0 Å². The van der Waals surface area contributed by atoms with Gasteiger partial charge in [0.25, 0.3) is 5.09 Å². The van der Waals surface area contributed by atoms with Crippen molar-refractivity contribution < 1.29 is 10.3 Å². The maximum absolute atomic E-state index is 8.36. The van der Waals surface area contributed by atoms with Crippen molar-refractivity contribution in [3.05, 3.63) is 10.1 Å². The van der Waals surface area contributed by atoms with Crippen molar-refractivity contribution in [2.24, 2.45) is 94.7 Å². The molecule has 0 aromatic rings. The highest BCUT2D eigenvalue weighted by Gasteiger charge is 2.64. The van der Waals surface area contributed by atoms with E-state index in [0.717, 1.165) is 0 Å². The summed E-state index contributed by atoms with van der Waals surface area (Å²) < 4.78 is 0. The summed E-state index contributed by atoms with van der Waals surface area (Å²) in [6.45, 7) is 12.0. The molecule has 4 heteroatoms. The zero-order valence-corrected chi connectivity index (χ0v) is 25.4. The van der Waals surface area contributed by atoms with Gasteiger partial charge in [0, 0.05) is 0 Å². The second-order valence-corrected chi connectivity index (χ2v) is 14.5. The van der Waals surface area contributed by atoms with Gasteiger partial charge in [-0.2, -0.15) is 0 Å². The molecule has 0 heterocycles. The molecule has 0 saturated heterocycles. The van der Waals surface area contributed by atoms with Crippen LogP contribution in [-0.4, -0.2) is 10.3 Å². The lowest BCUT2D eigenvalue weighted by Crippen LogP contribution is -2.62. The fraction of sp³-hybridized carbons (Fsp3) is 1.00. The minimum absolute atomic E-state index is 1.19. The van der Waals surface area contributed by atoms with Crippen molar-refractivity contribution in [3.63, 3.8) is 0 Å². The van der Waals surface area contributed by atoms with Crippen molar-refractivity contribution in [2.75, 3.05) is 0 Å². The lowest BCUT2D eigenvalue weighted by molar-refractivity contribution is -0.742. The zero-order valence-electron chi connectivity index (χ0n) is 25.4. The van der Waals surface area contributed by atoms with E-state index in [0.29, 0.717) is 0 Å². The first kappa shape index (κ1) is 28.7. The molecule has 0 aromatic heterocycles. The van der Waals surface area contributed by atoms with Crippen molar-refractivity contribution in [1.29, 1.82) is 0 Å². The Bertz CT molecular complexity index is 572. The fourth-order valence-electron chi connectivity index (χ4n) is 13.8. The van der Waals surface area contributed by atoms with Gasteiger partial charge in [-0.1, -0.05) is 41.5 Å². The second-order valence-electron chi connectivity index (χ2n) is 14.5. The standard InChI is InChI=1S/2C14H20.3C2H6.HNO3/c2*1-7-2-12-10-4-8-5-11(9(1)10)13(3-7)14(12)6-8;3*1-2;2-1(3)4/h2*7-14H,1-6H2;3*1-2H3;(H,2,3,4). The van der Waals surface area contributed by atoms with Crippen LogP contribution >= 0.6 is 0 Å². The van der Waals surface area contributed by atoms with Crippen LogP contribution in [-0.2, 0) is 0 Å². The first-order chi connectivity index (χ1) is 18.5. The Kier molecular flexibility index (Phi) is 8.76. The predicted molar refractivity (Wildman–Crippen MR) is 154 cm³/mol. The number of hydrogen-bond acceptors (Lipinski definition) is 2. The van der Waals surface area contributed by atoms with E-state index in [1.165, 1.54) is 94.7 Å². The first-order valence-electron chi connectivity index (χ1n) is 17.4. The third-order valence-corrected chi connectivity index (χ3v) is 13.9. The Morgan fingerprint density at radius 3 is 0.553 bits per heavy atom. The van der Waals surface area contributed by atoms with Gasteiger partial charge in [0.2, 0.25) is 0 Å². The van der Waals surface area contributed by atoms with Crippen molar-refractivity contribution >= 4 is 0 Å². The molecule has 38 heavy (non-hydrogen) atoms. The van der Waals surface area contributed by atoms with Crippen molar-refractivity contribution in [2.45, 2.75) is 119 Å². The van der Waals surface area contributed by atoms with Gasteiger partial charge in [-0.3, -0.25) is 0 Å². The highest BCUT2D eigenvalue weighted by atomic mass is 16.9. The maximum Gasteiger partial charge on any atom is 0.291 e. The van der Waals surface area contributed by atoms with E-state index < -0.39 is 5.09 Å². The van der Waals surface area contributed by atoms with Gasteiger partial charge in [-0.05, 0) is 172 Å². The van der Waals surface area contributed by atoms with Crippen LogP contribution in [0.2, 0.25) is 0 Å². The van der Waals surface area contributed by atoms with Gasteiger partial charge in [0.1, 0.15) is 0 Å². The summed E-state index contributed by atoms with van der Waals surface area (Å²) in [5.74, 6) is 19.5. The minimum Gasteiger partial charge on any atom is -0.328 e. The van der Waals surface area contributed by atoms with E-state index in [9.17, 15) is 0 Å². The van der Waals surface area contributed by atoms with Gasteiger partial charge in [-0.25, -0.2) is 0 Å². The average Bonchev–Trinajstić information content (AvgIpc) is 2.97. The van der Waals surface area contributed by atoms with Gasteiger partial charge in [0.05, 0.1) is 0 Å². The fourth-order valence-corrected chi connectivity index (χ4v) is 13.8. The summed E-state index contributed by atoms with van der Waals surface area (Å²) in [6, 6.07) is 0. The van der Waals surface area contributed by atoms with Gasteiger partial charge in [-0.15, -0.1) is 10.1 Å². The van der Waals surface area contributed by atoms with Crippen LogP contribution in [0.3, 0.4) is 0 Å². The number of nitrogens with zero attached hydrogens (tertiary/aromatic N) is 1. The molecule has 0 atom stereocenters. The van der Waals surface area contributed by atoms with E-state index in [1.54, 1.807) is 77.0 Å². The number of hydrogen-bond donors (Lipinski definition) is 1.